The number of carbonyl (C=O) groups is 1. The van der Waals surface area contributed by atoms with Crippen molar-refractivity contribution in [1.82, 2.24) is 14.2 Å². The highest BCUT2D eigenvalue weighted by Crippen LogP contribution is 2.36. The molecule has 1 saturated heterocycles. The van der Waals surface area contributed by atoms with E-state index in [1.54, 1.807) is 25.3 Å². The van der Waals surface area contributed by atoms with Crippen LogP contribution in [0.1, 0.15) is 11.3 Å². The number of sulfonamides is 1. The van der Waals surface area contributed by atoms with Crippen LogP contribution in [0.5, 0.6) is 11.5 Å². The van der Waals surface area contributed by atoms with Crippen molar-refractivity contribution >= 4 is 67.3 Å². The van der Waals surface area contributed by atoms with Gasteiger partial charge in [-0.2, -0.15) is 4.31 Å². The van der Waals surface area contributed by atoms with Gasteiger partial charge in [0.25, 0.3) is 9.70 Å². The van der Waals surface area contributed by atoms with E-state index in [9.17, 15) is 13.2 Å². The highest BCUT2D eigenvalue weighted by atomic mass is 35.6. The Hall–Kier alpha value is -2.37. The molecular weight excluding hydrogens is 575 g/mol. The van der Waals surface area contributed by atoms with Crippen LogP contribution in [0.4, 0.5) is 5.69 Å². The third-order valence-corrected chi connectivity index (χ3v) is 9.41. The molecular formula is C25H27Cl3N4O5S. The molecule has 13 heteroatoms. The topological polar surface area (TPSA) is 95.2 Å². The van der Waals surface area contributed by atoms with Crippen LogP contribution < -0.4 is 14.4 Å². The molecule has 0 bridgehead atoms. The number of piperazine rings is 1. The first-order valence-electron chi connectivity index (χ1n) is 12.0. The van der Waals surface area contributed by atoms with Crippen molar-refractivity contribution in [2.75, 3.05) is 51.8 Å². The number of rotatable bonds is 5. The van der Waals surface area contributed by atoms with Crippen molar-refractivity contribution in [3.05, 3.63) is 47.7 Å². The molecule has 0 aliphatic carbocycles. The zero-order valence-electron chi connectivity index (χ0n) is 20.8. The number of hydrogen-bond acceptors (Lipinski definition) is 6. The molecule has 2 aliphatic heterocycles. The number of amides is 1. The summed E-state index contributed by atoms with van der Waals surface area (Å²) in [6.07, 6.45) is 0.587. The Bertz CT molecular complexity index is 1480. The predicted molar refractivity (Wildman–Crippen MR) is 148 cm³/mol. The van der Waals surface area contributed by atoms with Crippen molar-refractivity contribution < 1.29 is 22.7 Å². The maximum Gasteiger partial charge on any atom is 0.274 e. The second kappa shape index (κ2) is 10.3. The lowest BCUT2D eigenvalue weighted by Gasteiger charge is -2.37. The van der Waals surface area contributed by atoms with E-state index >= 15 is 0 Å². The molecule has 3 aromatic rings. The summed E-state index contributed by atoms with van der Waals surface area (Å²) >= 11 is 17.3. The molecule has 0 saturated carbocycles. The molecule has 0 unspecified atom stereocenters. The average molecular weight is 602 g/mol. The Morgan fingerprint density at radius 3 is 2.37 bits per heavy atom. The van der Waals surface area contributed by atoms with Crippen LogP contribution in [-0.2, 0) is 27.8 Å². The fraction of sp³-hybridized carbons (Fsp3) is 0.400. The average Bonchev–Trinajstić information content (AvgIpc) is 3.29. The number of benzene rings is 2. The van der Waals surface area contributed by atoms with Crippen molar-refractivity contribution in [2.24, 2.45) is 0 Å². The van der Waals surface area contributed by atoms with Crippen LogP contribution in [0, 0.1) is 0 Å². The van der Waals surface area contributed by atoms with Crippen LogP contribution >= 0.6 is 34.8 Å². The number of methoxy groups -OCH3 is 2. The molecule has 1 N–H and O–H groups in total. The highest BCUT2D eigenvalue weighted by Gasteiger charge is 2.37. The van der Waals surface area contributed by atoms with Crippen LogP contribution in [0.25, 0.3) is 10.9 Å². The molecule has 5 rings (SSSR count). The minimum atomic E-state index is -3.80. The first kappa shape index (κ1) is 27.2. The molecule has 2 aromatic carbocycles. The van der Waals surface area contributed by atoms with Crippen LogP contribution in [-0.4, -0.2) is 79.2 Å². The van der Waals surface area contributed by atoms with Crippen molar-refractivity contribution in [3.8, 4) is 11.5 Å². The molecule has 9 nitrogen and oxygen atoms in total. The third kappa shape index (κ3) is 5.00. The lowest BCUT2D eigenvalue weighted by molar-refractivity contribution is -0.130. The summed E-state index contributed by atoms with van der Waals surface area (Å²) in [6, 6.07) is 10.7. The number of aromatic amines is 1. The molecule has 38 heavy (non-hydrogen) atoms. The molecule has 0 atom stereocenters. The Morgan fingerprint density at radius 1 is 0.974 bits per heavy atom. The van der Waals surface area contributed by atoms with Gasteiger partial charge in [0.15, 0.2) is 0 Å². The Kier molecular flexibility index (Phi) is 7.38. The minimum absolute atomic E-state index is 0.175. The fourth-order valence-corrected chi connectivity index (χ4v) is 6.87. The van der Waals surface area contributed by atoms with Gasteiger partial charge in [0.05, 0.1) is 31.3 Å². The van der Waals surface area contributed by atoms with E-state index in [1.807, 2.05) is 23.1 Å². The number of nitrogens with zero attached hydrogens (tertiary/aromatic N) is 3. The van der Waals surface area contributed by atoms with Crippen molar-refractivity contribution in [3.63, 3.8) is 0 Å². The molecule has 2 aliphatic rings. The molecule has 0 spiro atoms. The number of ether oxygens (including phenoxy) is 2. The van der Waals surface area contributed by atoms with Crippen LogP contribution in [0.3, 0.4) is 0 Å². The number of nitrogens with one attached hydrogen (secondary N) is 1. The number of halogens is 3. The number of fused-ring (bicyclic) bond motifs is 3. The van der Waals surface area contributed by atoms with E-state index in [0.29, 0.717) is 50.6 Å². The van der Waals surface area contributed by atoms with Gasteiger partial charge in [-0.25, -0.2) is 8.42 Å². The van der Waals surface area contributed by atoms with Gasteiger partial charge in [-0.15, -0.1) is 0 Å². The number of hydrogen-bond donors (Lipinski definition) is 1. The van der Waals surface area contributed by atoms with E-state index < -0.39 is 19.7 Å². The lowest BCUT2D eigenvalue weighted by atomic mass is 10.0. The van der Waals surface area contributed by atoms with Gasteiger partial charge in [-0.1, -0.05) is 34.8 Å². The van der Waals surface area contributed by atoms with Gasteiger partial charge in [-0.3, -0.25) is 4.79 Å². The summed E-state index contributed by atoms with van der Waals surface area (Å²) in [7, 11) is -0.635. The number of H-pyrrole nitrogens is 1. The predicted octanol–water partition coefficient (Wildman–Crippen LogP) is 3.95. The monoisotopic (exact) mass is 600 g/mol. The largest absolute Gasteiger partial charge is 0.497 e. The molecule has 1 aromatic heterocycles. The normalized spacial score (nSPS) is 17.0. The van der Waals surface area contributed by atoms with Crippen LogP contribution in [0.2, 0.25) is 0 Å². The maximum absolute atomic E-state index is 13.7. The van der Waals surface area contributed by atoms with E-state index in [4.69, 9.17) is 44.3 Å². The zero-order chi connectivity index (χ0) is 27.2. The van der Waals surface area contributed by atoms with Gasteiger partial charge in [0.2, 0.25) is 10.0 Å². The summed E-state index contributed by atoms with van der Waals surface area (Å²) in [4.78, 5) is 19.3. The molecule has 204 valence electrons. The molecule has 0 radical (unpaired) electrons. The summed E-state index contributed by atoms with van der Waals surface area (Å²) in [5.41, 5.74) is 3.58. The van der Waals surface area contributed by atoms with E-state index in [2.05, 4.69) is 4.98 Å². The van der Waals surface area contributed by atoms with E-state index in [1.165, 1.54) is 16.3 Å². The maximum atomic E-state index is 13.7. The fourth-order valence-electron chi connectivity index (χ4n) is 5.08. The first-order chi connectivity index (χ1) is 18.0. The summed E-state index contributed by atoms with van der Waals surface area (Å²) in [6.45, 7) is 2.11. The standard InChI is InChI=1S/C25H27Cl3N4O5S/c1-36-16-3-5-20-19(13-16)18-7-8-32(15-21(18)29-20)38(34,35)17-4-6-23(37-2)22(14-17)30-9-11-31(12-10-30)24(33)25(26,27)28/h3-6,13-14,29H,7-12,15H2,1-2H3. The lowest BCUT2D eigenvalue weighted by Crippen LogP contribution is -2.51. The summed E-state index contributed by atoms with van der Waals surface area (Å²) in [5, 5.41) is 1.05. The molecule has 1 fully saturated rings. The smallest absolute Gasteiger partial charge is 0.274 e. The highest BCUT2D eigenvalue weighted by molar-refractivity contribution is 7.89. The Labute approximate surface area is 236 Å². The van der Waals surface area contributed by atoms with Gasteiger partial charge >= 0.3 is 0 Å². The number of aromatic nitrogens is 1. The van der Waals surface area contributed by atoms with Gasteiger partial charge in [0.1, 0.15) is 11.5 Å². The van der Waals surface area contributed by atoms with Gasteiger partial charge in [0, 0.05) is 49.3 Å². The Balaban J connectivity index is 1.38. The van der Waals surface area contributed by atoms with Crippen molar-refractivity contribution in [1.29, 1.82) is 0 Å². The third-order valence-electron chi connectivity index (χ3n) is 7.09. The minimum Gasteiger partial charge on any atom is -0.497 e. The zero-order valence-corrected chi connectivity index (χ0v) is 23.9. The Morgan fingerprint density at radius 2 is 1.71 bits per heavy atom. The van der Waals surface area contributed by atoms with Crippen LogP contribution in [0.15, 0.2) is 41.3 Å². The second-order valence-electron chi connectivity index (χ2n) is 9.19. The first-order valence-corrected chi connectivity index (χ1v) is 14.6. The van der Waals surface area contributed by atoms with E-state index in [0.717, 1.165) is 27.9 Å². The van der Waals surface area contributed by atoms with Gasteiger partial charge in [-0.05, 0) is 48.4 Å². The van der Waals surface area contributed by atoms with E-state index in [-0.39, 0.29) is 11.4 Å². The number of carbonyl (C=O) groups excluding carboxylic acids is 1. The summed E-state index contributed by atoms with van der Waals surface area (Å²) in [5.74, 6) is 0.721. The molecule has 1 amide bonds. The summed E-state index contributed by atoms with van der Waals surface area (Å²) < 4.78 is 37.8. The molecule has 3 heterocycles. The number of anilines is 1. The number of alkyl halides is 3. The quantitative estimate of drug-likeness (QED) is 0.445. The van der Waals surface area contributed by atoms with Gasteiger partial charge < -0.3 is 24.3 Å². The second-order valence-corrected chi connectivity index (χ2v) is 13.4. The van der Waals surface area contributed by atoms with Crippen molar-refractivity contribution in [2.45, 2.75) is 21.7 Å². The SMILES string of the molecule is COc1ccc2[nH]c3c(c2c1)CCN(S(=O)(=O)c1ccc(OC)c(N2CCN(C(=O)C(Cl)(Cl)Cl)CC2)c1)C3.